The average Bonchev–Trinajstić information content (AvgIpc) is 2.51. The number of hydrogen-bond donors (Lipinski definition) is 1. The van der Waals surface area contributed by atoms with Crippen LogP contribution in [0.4, 0.5) is 0 Å². The van der Waals surface area contributed by atoms with Gasteiger partial charge in [-0.2, -0.15) is 0 Å². The lowest BCUT2D eigenvalue weighted by Gasteiger charge is -2.27. The van der Waals surface area contributed by atoms with E-state index in [0.29, 0.717) is 6.42 Å². The second-order valence-electron chi connectivity index (χ2n) is 5.77. The monoisotopic (exact) mass is 247 g/mol. The molecule has 1 N–H and O–H groups in total. The van der Waals surface area contributed by atoms with Gasteiger partial charge in [-0.3, -0.25) is 4.79 Å². The fraction of sp³-hybridized carbons (Fsp3) is 0.533. The summed E-state index contributed by atoms with van der Waals surface area (Å²) in [5.41, 5.74) is 0.976. The van der Waals surface area contributed by atoms with Gasteiger partial charge in [0.25, 0.3) is 0 Å². The van der Waals surface area contributed by atoms with Crippen LogP contribution in [-0.2, 0) is 4.79 Å². The summed E-state index contributed by atoms with van der Waals surface area (Å²) in [5.74, 6) is 1.21. The molecular formula is C15H21NO2. The van der Waals surface area contributed by atoms with Gasteiger partial charge in [0.1, 0.15) is 5.75 Å². The Morgan fingerprint density at radius 3 is 2.67 bits per heavy atom. The van der Waals surface area contributed by atoms with Crippen molar-refractivity contribution < 1.29 is 9.53 Å². The summed E-state index contributed by atoms with van der Waals surface area (Å²) in [6.07, 6.45) is 0.717. The van der Waals surface area contributed by atoms with Gasteiger partial charge in [0.15, 0.2) is 0 Å². The first kappa shape index (κ1) is 12.9. The van der Waals surface area contributed by atoms with Crippen LogP contribution in [-0.4, -0.2) is 17.6 Å². The fourth-order valence-corrected chi connectivity index (χ4v) is 2.55. The molecule has 1 aromatic rings. The van der Waals surface area contributed by atoms with Gasteiger partial charge in [-0.05, 0) is 45.4 Å². The van der Waals surface area contributed by atoms with E-state index in [4.69, 9.17) is 4.74 Å². The van der Waals surface area contributed by atoms with Crippen molar-refractivity contribution in [3.63, 3.8) is 0 Å². The topological polar surface area (TPSA) is 38.3 Å². The highest BCUT2D eigenvalue weighted by Gasteiger charge is 2.39. The summed E-state index contributed by atoms with van der Waals surface area (Å²) in [5, 5.41) is 3.02. The normalized spacial score (nSPS) is 22.1. The zero-order chi connectivity index (χ0) is 13.3. The molecule has 1 aliphatic heterocycles. The van der Waals surface area contributed by atoms with Crippen LogP contribution >= 0.6 is 0 Å². The molecular weight excluding hydrogens is 226 g/mol. The lowest BCUT2D eigenvalue weighted by atomic mass is 9.83. The van der Waals surface area contributed by atoms with Gasteiger partial charge in [-0.15, -0.1) is 0 Å². The maximum Gasteiger partial charge on any atom is 0.221 e. The molecule has 1 atom stereocenters. The molecule has 0 saturated carbocycles. The molecule has 0 aliphatic carbocycles. The highest BCUT2D eigenvalue weighted by molar-refractivity contribution is 5.81. The summed E-state index contributed by atoms with van der Waals surface area (Å²) >= 11 is 0. The standard InChI is InChI=1S/C15H21NO2/c1-10(2)18-12-7-5-6-11(8-12)13-9-14(17)16-15(13,3)4/h5-8,10,13H,9H2,1-4H3,(H,16,17). The van der Waals surface area contributed by atoms with Gasteiger partial charge in [0.05, 0.1) is 6.10 Å². The zero-order valence-electron chi connectivity index (χ0n) is 11.5. The molecule has 0 spiro atoms. The third-order valence-corrected chi connectivity index (χ3v) is 3.35. The highest BCUT2D eigenvalue weighted by atomic mass is 16.5. The number of rotatable bonds is 3. The second-order valence-corrected chi connectivity index (χ2v) is 5.77. The van der Waals surface area contributed by atoms with Crippen molar-refractivity contribution in [2.24, 2.45) is 0 Å². The van der Waals surface area contributed by atoms with Crippen molar-refractivity contribution in [1.29, 1.82) is 0 Å². The van der Waals surface area contributed by atoms with E-state index < -0.39 is 0 Å². The third kappa shape index (κ3) is 2.66. The van der Waals surface area contributed by atoms with E-state index >= 15 is 0 Å². The SMILES string of the molecule is CC(C)Oc1cccc(C2CC(=O)NC2(C)C)c1. The first-order valence-electron chi connectivity index (χ1n) is 6.46. The van der Waals surface area contributed by atoms with Gasteiger partial charge in [-0.1, -0.05) is 12.1 Å². The van der Waals surface area contributed by atoms with Gasteiger partial charge < -0.3 is 10.1 Å². The summed E-state index contributed by atoms with van der Waals surface area (Å²) < 4.78 is 5.70. The summed E-state index contributed by atoms with van der Waals surface area (Å²) in [4.78, 5) is 11.6. The zero-order valence-corrected chi connectivity index (χ0v) is 11.5. The molecule has 2 rings (SSSR count). The molecule has 18 heavy (non-hydrogen) atoms. The molecule has 1 amide bonds. The van der Waals surface area contributed by atoms with E-state index in [1.807, 2.05) is 32.0 Å². The number of carbonyl (C=O) groups is 1. The van der Waals surface area contributed by atoms with Crippen LogP contribution in [0.3, 0.4) is 0 Å². The van der Waals surface area contributed by atoms with Crippen molar-refractivity contribution in [3.8, 4) is 5.75 Å². The third-order valence-electron chi connectivity index (χ3n) is 3.35. The first-order chi connectivity index (χ1) is 8.38. The Bertz CT molecular complexity index is 452. The predicted octanol–water partition coefficient (Wildman–Crippen LogP) is 2.86. The van der Waals surface area contributed by atoms with E-state index in [2.05, 4.69) is 25.2 Å². The van der Waals surface area contributed by atoms with E-state index in [9.17, 15) is 4.79 Å². The number of hydrogen-bond acceptors (Lipinski definition) is 2. The molecule has 1 saturated heterocycles. The smallest absolute Gasteiger partial charge is 0.221 e. The Balaban J connectivity index is 2.26. The van der Waals surface area contributed by atoms with Gasteiger partial charge in [-0.25, -0.2) is 0 Å². The van der Waals surface area contributed by atoms with Crippen LogP contribution in [0.1, 0.15) is 45.6 Å². The molecule has 0 radical (unpaired) electrons. The summed E-state index contributed by atoms with van der Waals surface area (Å²) in [6.45, 7) is 8.16. The highest BCUT2D eigenvalue weighted by Crippen LogP contribution is 2.37. The Kier molecular flexibility index (Phi) is 3.33. The maximum atomic E-state index is 11.6. The largest absolute Gasteiger partial charge is 0.491 e. The molecule has 1 fully saturated rings. The van der Waals surface area contributed by atoms with E-state index in [-0.39, 0.29) is 23.5 Å². The molecule has 3 nitrogen and oxygen atoms in total. The molecule has 1 aromatic carbocycles. The Labute approximate surface area is 109 Å². The number of carbonyl (C=O) groups excluding carboxylic acids is 1. The average molecular weight is 247 g/mol. The Morgan fingerprint density at radius 2 is 2.11 bits per heavy atom. The summed E-state index contributed by atoms with van der Waals surface area (Å²) in [6, 6.07) is 8.07. The minimum Gasteiger partial charge on any atom is -0.491 e. The lowest BCUT2D eigenvalue weighted by molar-refractivity contribution is -0.119. The molecule has 98 valence electrons. The van der Waals surface area contributed by atoms with Gasteiger partial charge in [0, 0.05) is 17.9 Å². The Morgan fingerprint density at radius 1 is 1.39 bits per heavy atom. The van der Waals surface area contributed by atoms with Gasteiger partial charge in [0.2, 0.25) is 5.91 Å². The van der Waals surface area contributed by atoms with Crippen molar-refractivity contribution in [2.45, 2.75) is 51.7 Å². The van der Waals surface area contributed by atoms with Crippen molar-refractivity contribution in [1.82, 2.24) is 5.32 Å². The van der Waals surface area contributed by atoms with Crippen LogP contribution in [0.15, 0.2) is 24.3 Å². The van der Waals surface area contributed by atoms with Gasteiger partial charge >= 0.3 is 0 Å². The van der Waals surface area contributed by atoms with Crippen LogP contribution in [0.5, 0.6) is 5.75 Å². The minimum absolute atomic E-state index is 0.125. The van der Waals surface area contributed by atoms with E-state index in [0.717, 1.165) is 11.3 Å². The molecule has 1 aliphatic rings. The quantitative estimate of drug-likeness (QED) is 0.892. The lowest BCUT2D eigenvalue weighted by Crippen LogP contribution is -2.38. The van der Waals surface area contributed by atoms with Crippen molar-refractivity contribution in [3.05, 3.63) is 29.8 Å². The van der Waals surface area contributed by atoms with Crippen LogP contribution < -0.4 is 10.1 Å². The number of benzene rings is 1. The van der Waals surface area contributed by atoms with E-state index in [1.165, 1.54) is 0 Å². The summed E-state index contributed by atoms with van der Waals surface area (Å²) in [7, 11) is 0. The number of ether oxygens (including phenoxy) is 1. The Hall–Kier alpha value is -1.51. The number of nitrogens with one attached hydrogen (secondary N) is 1. The molecule has 0 bridgehead atoms. The first-order valence-corrected chi connectivity index (χ1v) is 6.46. The van der Waals surface area contributed by atoms with Crippen molar-refractivity contribution in [2.75, 3.05) is 0 Å². The molecule has 1 heterocycles. The molecule has 1 unspecified atom stereocenters. The molecule has 0 aromatic heterocycles. The maximum absolute atomic E-state index is 11.6. The van der Waals surface area contributed by atoms with E-state index in [1.54, 1.807) is 0 Å². The number of amides is 1. The van der Waals surface area contributed by atoms with Crippen molar-refractivity contribution >= 4 is 5.91 Å². The second kappa shape index (κ2) is 4.63. The van der Waals surface area contributed by atoms with Crippen LogP contribution in [0.25, 0.3) is 0 Å². The molecule has 3 heteroatoms. The van der Waals surface area contributed by atoms with Crippen LogP contribution in [0.2, 0.25) is 0 Å². The minimum atomic E-state index is -0.187. The fourth-order valence-electron chi connectivity index (χ4n) is 2.55. The van der Waals surface area contributed by atoms with Crippen LogP contribution in [0, 0.1) is 0 Å². The predicted molar refractivity (Wildman–Crippen MR) is 71.8 cm³/mol.